The number of nitrogens with two attached hydrogens (primary N) is 1. The van der Waals surface area contributed by atoms with E-state index in [2.05, 4.69) is 129 Å². The first kappa shape index (κ1) is 98.9. The molecule has 4 aromatic heterocycles. The molecule has 131 heavy (non-hydrogen) atoms. The minimum atomic E-state index is -2.37. The fourth-order valence-electron chi connectivity index (χ4n) is 20.4. The van der Waals surface area contributed by atoms with Gasteiger partial charge in [0.2, 0.25) is 11.9 Å². The third kappa shape index (κ3) is 22.3. The Kier molecular flexibility index (Phi) is 32.6. The van der Waals surface area contributed by atoms with Crippen LogP contribution in [-0.2, 0) is 82.2 Å². The van der Waals surface area contributed by atoms with Crippen molar-refractivity contribution < 1.29 is 86.9 Å². The molecule has 40 heteroatoms. The van der Waals surface area contributed by atoms with E-state index in [9.17, 15) is 44.8 Å². The number of aliphatic hydroxyl groups excluding tert-OH is 1. The molecule has 7 aromatic rings. The maximum atomic E-state index is 15.9. The van der Waals surface area contributed by atoms with Crippen LogP contribution < -0.4 is 42.2 Å². The Morgan fingerprint density at radius 2 is 1.48 bits per heavy atom. The Hall–Kier alpha value is -9.61. The van der Waals surface area contributed by atoms with Crippen LogP contribution in [0.4, 0.5) is 17.3 Å². The summed E-state index contributed by atoms with van der Waals surface area (Å²) in [6, 6.07) is 16.3. The van der Waals surface area contributed by atoms with Gasteiger partial charge in [-0.2, -0.15) is 4.98 Å². The first-order valence-corrected chi connectivity index (χ1v) is 52.3. The SMILES string of the molecule is CC[C@]1(O)CC2C[C@](C(=O)N(C)O)(c3cc4c(cc3OC)N(C)[C@H]3[C@@](O)(C(=O)NCCC[Si](C)(C)O[Si](C)(C)CSc5ncc(Cn6cc(COCCOCCOCCOCCOCCOCCNC(=O)CC[C@H](NC(=O)c7ccc(NCc8cnc9nc(N)[nH]c(=O)c9n8)cc7)C(=O)O)nn6)cn5)[C@H](O)[C@]5(CC)C=CCN6CC[C@]43[C@@H]65)/C(C)=C(/c3ccccc3C)CCN2C1. The Morgan fingerprint density at radius 1 is 0.794 bits per heavy atom. The number of hydrogen-bond acceptors (Lipinski definition) is 31. The van der Waals surface area contributed by atoms with Crippen LogP contribution in [0.3, 0.4) is 0 Å². The molecule has 1 saturated carbocycles. The van der Waals surface area contributed by atoms with Crippen LogP contribution in [0.1, 0.15) is 128 Å². The quantitative estimate of drug-likeness (QED) is 0.00392. The number of nitrogen functional groups attached to an aromatic ring is 1. The summed E-state index contributed by atoms with van der Waals surface area (Å²) in [5.74, 6) is -3.14. The lowest BCUT2D eigenvalue weighted by molar-refractivity contribution is -0.203. The lowest BCUT2D eigenvalue weighted by atomic mass is 9.47. The number of nitrogens with zero attached hydrogens (tertiary/aromatic N) is 12. The molecule has 10 atom stereocenters. The fraction of sp³-hybridized carbons (Fsp3) is 0.571. The van der Waals surface area contributed by atoms with Gasteiger partial charge in [-0.1, -0.05) is 67.2 Å². The average molecular weight is 1870 g/mol. The van der Waals surface area contributed by atoms with Gasteiger partial charge in [0, 0.05) is 128 Å². The first-order chi connectivity index (χ1) is 62.7. The molecule has 12 N–H and O–H groups in total. The average Bonchev–Trinajstić information content (AvgIpc) is 1.48. The van der Waals surface area contributed by atoms with E-state index < -0.39 is 97.4 Å². The van der Waals surface area contributed by atoms with Gasteiger partial charge in [0.15, 0.2) is 38.6 Å². The predicted molar refractivity (Wildman–Crippen MR) is 496 cm³/mol. The molecule has 3 fully saturated rings. The number of aromatic amines is 1. The van der Waals surface area contributed by atoms with Crippen molar-refractivity contribution in [1.82, 2.24) is 75.7 Å². The van der Waals surface area contributed by atoms with Crippen LogP contribution in [0.5, 0.6) is 5.75 Å². The topological polar surface area (TPSA) is 475 Å². The van der Waals surface area contributed by atoms with Crippen molar-refractivity contribution in [3.8, 4) is 5.75 Å². The highest BCUT2D eigenvalue weighted by Gasteiger charge is 2.79. The number of methoxy groups -OCH3 is 1. The molecular weight excluding hydrogens is 1740 g/mol. The van der Waals surface area contributed by atoms with Crippen molar-refractivity contribution >= 4 is 92.1 Å². The number of nitrogens with one attached hydrogen (secondary N) is 5. The van der Waals surface area contributed by atoms with Gasteiger partial charge in [0.05, 0.1) is 129 Å². The number of H-pyrrole nitrogens is 1. The lowest BCUT2D eigenvalue weighted by Crippen LogP contribution is -2.81. The molecule has 5 aliphatic heterocycles. The second kappa shape index (κ2) is 43.2. The number of aliphatic hydroxyl groups is 3. The van der Waals surface area contributed by atoms with Gasteiger partial charge in [-0.3, -0.25) is 44.0 Å². The Balaban J connectivity index is 0.488. The summed E-state index contributed by atoms with van der Waals surface area (Å²) in [6.07, 6.45) is 12.5. The minimum absolute atomic E-state index is 0.0430. The number of ether oxygens (including phenoxy) is 7. The number of hydrogen-bond donors (Lipinski definition) is 11. The van der Waals surface area contributed by atoms with Gasteiger partial charge < -0.3 is 89.6 Å². The van der Waals surface area contributed by atoms with E-state index in [-0.39, 0.29) is 93.5 Å². The summed E-state index contributed by atoms with van der Waals surface area (Å²) in [7, 11) is 0.174. The van der Waals surface area contributed by atoms with Crippen molar-refractivity contribution in [2.24, 2.45) is 5.41 Å². The van der Waals surface area contributed by atoms with Gasteiger partial charge in [-0.25, -0.2) is 34.5 Å². The van der Waals surface area contributed by atoms with E-state index in [0.29, 0.717) is 175 Å². The molecule has 1 unspecified atom stereocenters. The highest BCUT2D eigenvalue weighted by Crippen LogP contribution is 2.68. The normalized spacial score (nSPS) is 23.8. The number of fused-ring (bicyclic) bond motifs is 3. The third-order valence-electron chi connectivity index (χ3n) is 26.5. The van der Waals surface area contributed by atoms with E-state index in [1.165, 1.54) is 25.4 Å². The number of rotatable bonds is 47. The molecule has 2 saturated heterocycles. The van der Waals surface area contributed by atoms with Crippen LogP contribution in [-0.4, -0.2) is 312 Å². The number of aromatic nitrogens is 9. The van der Waals surface area contributed by atoms with E-state index in [1.54, 1.807) is 48.1 Å². The second-order valence-electron chi connectivity index (χ2n) is 36.2. The molecule has 13 rings (SSSR count). The van der Waals surface area contributed by atoms with Gasteiger partial charge in [-0.05, 0) is 162 Å². The zero-order chi connectivity index (χ0) is 93.6. The number of aliphatic carboxylic acids is 1. The summed E-state index contributed by atoms with van der Waals surface area (Å²) in [5.41, 5.74) is 7.02. The van der Waals surface area contributed by atoms with Crippen molar-refractivity contribution in [2.45, 2.75) is 195 Å². The number of benzene rings is 3. The molecule has 9 heterocycles. The van der Waals surface area contributed by atoms with Crippen LogP contribution in [0, 0.1) is 12.3 Å². The maximum absolute atomic E-state index is 15.9. The third-order valence-corrected chi connectivity index (χ3v) is 36.3. The van der Waals surface area contributed by atoms with Crippen molar-refractivity contribution in [3.05, 3.63) is 158 Å². The molecule has 710 valence electrons. The molecular formula is C91H128N18O19SSi2. The minimum Gasteiger partial charge on any atom is -0.496 e. The smallest absolute Gasteiger partial charge is 0.326 e. The van der Waals surface area contributed by atoms with E-state index in [1.807, 2.05) is 63.2 Å². The first-order valence-electron chi connectivity index (χ1n) is 45.1. The van der Waals surface area contributed by atoms with E-state index in [0.717, 1.165) is 45.1 Å². The maximum Gasteiger partial charge on any atom is 0.326 e. The summed E-state index contributed by atoms with van der Waals surface area (Å²) in [6.45, 7) is 24.3. The van der Waals surface area contributed by atoms with Crippen molar-refractivity contribution in [2.75, 3.05) is 154 Å². The van der Waals surface area contributed by atoms with Crippen molar-refractivity contribution in [1.29, 1.82) is 0 Å². The number of likely N-dealkylation sites (N-methyl/N-ethyl adjacent to an activating group) is 2. The van der Waals surface area contributed by atoms with E-state index in [4.69, 9.17) is 43.0 Å². The molecule has 4 amide bonds. The second-order valence-corrected chi connectivity index (χ2v) is 46.4. The molecule has 0 bridgehead atoms. The number of carboxylic acids is 1. The molecule has 1 aliphatic carbocycles. The van der Waals surface area contributed by atoms with Gasteiger partial charge in [-0.15, -0.1) is 5.10 Å². The number of anilines is 3. The van der Waals surface area contributed by atoms with Crippen LogP contribution in [0.25, 0.3) is 16.7 Å². The number of carboxylic acid groups (broad SMARTS) is 1. The van der Waals surface area contributed by atoms with Gasteiger partial charge in [0.25, 0.3) is 23.3 Å². The fourth-order valence-corrected chi connectivity index (χ4v) is 30.7. The lowest BCUT2D eigenvalue weighted by Gasteiger charge is -2.63. The van der Waals surface area contributed by atoms with Crippen LogP contribution in [0.2, 0.25) is 32.2 Å². The Bertz CT molecular complexity index is 5290. The number of thioether (sulfide) groups is 1. The largest absolute Gasteiger partial charge is 0.496 e. The number of hydroxylamine groups is 2. The monoisotopic (exact) mass is 1860 g/mol. The molecule has 37 nitrogen and oxygen atoms in total. The highest BCUT2D eigenvalue weighted by atomic mass is 32.2. The van der Waals surface area contributed by atoms with Gasteiger partial charge in [0.1, 0.15) is 29.0 Å². The Morgan fingerprint density at radius 3 is 2.15 bits per heavy atom. The van der Waals surface area contributed by atoms with E-state index >= 15 is 9.59 Å². The molecule has 0 radical (unpaired) electrons. The molecule has 3 aromatic carbocycles. The highest BCUT2D eigenvalue weighted by molar-refractivity contribution is 8.00. The van der Waals surface area contributed by atoms with Crippen LogP contribution in [0.15, 0.2) is 113 Å². The molecule has 1 spiro atoms. The zero-order valence-corrected chi connectivity index (χ0v) is 79.7. The molecule has 6 aliphatic rings. The summed E-state index contributed by atoms with van der Waals surface area (Å²) in [5, 5.41) is 82.8. The predicted octanol–water partition coefficient (Wildman–Crippen LogP) is 6.07. The van der Waals surface area contributed by atoms with Crippen LogP contribution >= 0.6 is 11.8 Å². The zero-order valence-electron chi connectivity index (χ0n) is 76.8. The van der Waals surface area contributed by atoms with Crippen molar-refractivity contribution in [3.63, 3.8) is 0 Å². The number of aryl methyl sites for hydroxylation is 1. The standard InChI is InChI=1S/C91H128N18O19SSi2/c1-12-87(118)48-66-49-90(84(117)106(6)120,60(4)68(26-32-108(66)57-87)67-19-15-14-18-59(67)3)70-46-69-72(47-73(70)121-7)105(5)81-89(69)28-33-107-31-16-27-88(13-2,80(89)107)82(115)91(81,119)83(116)94-29-17-45-130(8,9)128-131(10,11)58-129-86-97-50-61(51-98-86)54-109-55-65(103-104-109)56-127-44-43-126-42-41-125-40-39-124-38-37-123-36-35-122-34-30-93-74(110)25-24-71(79(113)114)100-77(111)62-20-22-63(23-21-62)95-52-64-53-96-76-75(99-64)78(112)102-85(92)101-76/h14-16,18-23,27,46-47,50-51,53,55,66,71,80-82,95,115,118-120H,12-13,17,24-26,28-45,48-49,52,54,56-58H2,1-11H3,(H,93,110)(H,94,116)(H,100,111)(H,113,114)(H3,92,96,101,102,112)/b68-60+/t66?,71-,80-,81+,82+,87-,88+,89+,90+,91-/m0/s1. The summed E-state index contributed by atoms with van der Waals surface area (Å²) < 4.78 is 49.0. The Labute approximate surface area is 769 Å². The number of carbonyl (C=O) groups excluding carboxylic acids is 4. The summed E-state index contributed by atoms with van der Waals surface area (Å²) >= 11 is 1.56. The summed E-state index contributed by atoms with van der Waals surface area (Å²) in [4.78, 5) is 112. The van der Waals surface area contributed by atoms with Gasteiger partial charge >= 0.3 is 5.97 Å². The number of amides is 4. The number of carbonyl (C=O) groups is 5.